The summed E-state index contributed by atoms with van der Waals surface area (Å²) in [6, 6.07) is 21.2. The Bertz CT molecular complexity index is 1210. The number of anilines is 1. The molecule has 0 bridgehead atoms. The Hall–Kier alpha value is -2.67. The molecule has 0 saturated carbocycles. The molecule has 1 heterocycles. The van der Waals surface area contributed by atoms with Gasteiger partial charge in [0.25, 0.3) is 5.91 Å². The fourth-order valence-electron chi connectivity index (χ4n) is 3.31. The van der Waals surface area contributed by atoms with Crippen LogP contribution in [0.15, 0.2) is 71.6 Å². The summed E-state index contributed by atoms with van der Waals surface area (Å²) in [6.45, 7) is 0.398. The van der Waals surface area contributed by atoms with Gasteiger partial charge in [0.1, 0.15) is 4.32 Å². The van der Waals surface area contributed by atoms with Crippen molar-refractivity contribution in [3.8, 4) is 0 Å². The third-order valence-electron chi connectivity index (χ3n) is 4.88. The quantitative estimate of drug-likeness (QED) is 0.351. The summed E-state index contributed by atoms with van der Waals surface area (Å²) >= 11 is 12.8. The number of carbonyl (C=O) groups is 2. The van der Waals surface area contributed by atoms with Crippen molar-refractivity contribution in [3.63, 3.8) is 0 Å². The minimum absolute atomic E-state index is 0.0904. The van der Waals surface area contributed by atoms with Gasteiger partial charge < -0.3 is 5.32 Å². The summed E-state index contributed by atoms with van der Waals surface area (Å²) in [7, 11) is 0. The van der Waals surface area contributed by atoms with Crippen molar-refractivity contribution >= 4 is 74.3 Å². The number of nitrogens with one attached hydrogen (secondary N) is 1. The third kappa shape index (κ3) is 5.15. The normalized spacial score (nSPS) is 15.1. The molecule has 1 aliphatic heterocycles. The van der Waals surface area contributed by atoms with Crippen LogP contribution in [0.5, 0.6) is 0 Å². The number of fused-ring (bicyclic) bond motifs is 1. The van der Waals surface area contributed by atoms with E-state index in [-0.39, 0.29) is 11.8 Å². The van der Waals surface area contributed by atoms with Crippen LogP contribution in [0.4, 0.5) is 5.69 Å². The van der Waals surface area contributed by atoms with Crippen LogP contribution in [-0.2, 0) is 9.59 Å². The molecule has 1 N–H and O–H groups in total. The SMILES string of the molecule is O=C(CCCN1C(=O)/C(=C\c2ccccc2Cl)SC1=S)Nc1ccc2ccccc2c1. The topological polar surface area (TPSA) is 49.4 Å². The maximum absolute atomic E-state index is 12.7. The van der Waals surface area contributed by atoms with E-state index in [0.717, 1.165) is 22.0 Å². The van der Waals surface area contributed by atoms with Crippen LogP contribution >= 0.6 is 35.6 Å². The second kappa shape index (κ2) is 9.64. The molecule has 2 amide bonds. The summed E-state index contributed by atoms with van der Waals surface area (Å²) in [6.07, 6.45) is 2.58. The maximum Gasteiger partial charge on any atom is 0.266 e. The van der Waals surface area contributed by atoms with E-state index < -0.39 is 0 Å². The summed E-state index contributed by atoms with van der Waals surface area (Å²) in [5.74, 6) is -0.239. The smallest absolute Gasteiger partial charge is 0.266 e. The van der Waals surface area contributed by atoms with Gasteiger partial charge in [-0.2, -0.15) is 0 Å². The lowest BCUT2D eigenvalue weighted by atomic mass is 10.1. The van der Waals surface area contributed by atoms with Gasteiger partial charge in [-0.1, -0.05) is 84.1 Å². The van der Waals surface area contributed by atoms with E-state index in [1.54, 1.807) is 17.0 Å². The summed E-state index contributed by atoms with van der Waals surface area (Å²) in [4.78, 5) is 27.2. The fraction of sp³-hybridized carbons (Fsp3) is 0.125. The van der Waals surface area contributed by atoms with Crippen molar-refractivity contribution < 1.29 is 9.59 Å². The first kappa shape index (κ1) is 21.6. The van der Waals surface area contributed by atoms with Gasteiger partial charge in [0.05, 0.1) is 4.91 Å². The average Bonchev–Trinajstić information content (AvgIpc) is 3.02. The highest BCUT2D eigenvalue weighted by Gasteiger charge is 2.31. The molecule has 4 nitrogen and oxygen atoms in total. The minimum Gasteiger partial charge on any atom is -0.326 e. The predicted molar refractivity (Wildman–Crippen MR) is 133 cm³/mol. The molecule has 0 spiro atoms. The van der Waals surface area contributed by atoms with E-state index in [4.69, 9.17) is 23.8 Å². The number of halogens is 1. The number of benzene rings is 3. The molecule has 1 fully saturated rings. The van der Waals surface area contributed by atoms with E-state index in [0.29, 0.717) is 33.6 Å². The van der Waals surface area contributed by atoms with Crippen molar-refractivity contribution in [2.24, 2.45) is 0 Å². The number of thioether (sulfide) groups is 1. The standard InChI is InChI=1S/C24H19ClN2O2S2/c25-20-9-4-3-8-18(20)15-21-23(29)27(24(30)31-21)13-5-10-22(28)26-19-12-11-16-6-1-2-7-17(16)14-19/h1-4,6-9,11-12,14-15H,5,10,13H2,(H,26,28)/b21-15+. The zero-order chi connectivity index (χ0) is 21.8. The van der Waals surface area contributed by atoms with Crippen LogP contribution < -0.4 is 5.32 Å². The predicted octanol–water partition coefficient (Wildman–Crippen LogP) is 6.11. The lowest BCUT2D eigenvalue weighted by Gasteiger charge is -2.14. The minimum atomic E-state index is -0.148. The number of amides is 2. The molecule has 0 atom stereocenters. The number of hydrogen-bond acceptors (Lipinski definition) is 4. The van der Waals surface area contributed by atoms with Crippen LogP contribution in [0.25, 0.3) is 16.8 Å². The van der Waals surface area contributed by atoms with Crippen LogP contribution in [0, 0.1) is 0 Å². The first-order valence-electron chi connectivity index (χ1n) is 9.80. The van der Waals surface area contributed by atoms with Crippen molar-refractivity contribution in [2.75, 3.05) is 11.9 Å². The molecule has 156 valence electrons. The van der Waals surface area contributed by atoms with Gasteiger partial charge in [-0.3, -0.25) is 14.5 Å². The fourth-order valence-corrected chi connectivity index (χ4v) is 4.80. The summed E-state index contributed by atoms with van der Waals surface area (Å²) in [5.41, 5.74) is 1.54. The number of hydrogen-bond donors (Lipinski definition) is 1. The molecule has 3 aromatic rings. The van der Waals surface area contributed by atoms with Gasteiger partial charge >= 0.3 is 0 Å². The van der Waals surface area contributed by atoms with Crippen molar-refractivity contribution in [1.82, 2.24) is 4.90 Å². The Morgan fingerprint density at radius 1 is 1.06 bits per heavy atom. The van der Waals surface area contributed by atoms with Crippen molar-refractivity contribution in [2.45, 2.75) is 12.8 Å². The molecule has 0 unspecified atom stereocenters. The lowest BCUT2D eigenvalue weighted by molar-refractivity contribution is -0.122. The largest absolute Gasteiger partial charge is 0.326 e. The maximum atomic E-state index is 12.7. The van der Waals surface area contributed by atoms with Crippen molar-refractivity contribution in [1.29, 1.82) is 0 Å². The Labute approximate surface area is 195 Å². The Balaban J connectivity index is 1.32. The number of carbonyl (C=O) groups excluding carboxylic acids is 2. The zero-order valence-electron chi connectivity index (χ0n) is 16.5. The van der Waals surface area contributed by atoms with Gasteiger partial charge in [0.2, 0.25) is 5.91 Å². The van der Waals surface area contributed by atoms with Crippen molar-refractivity contribution in [3.05, 3.63) is 82.2 Å². The summed E-state index contributed by atoms with van der Waals surface area (Å²) < 4.78 is 0.498. The molecule has 1 aliphatic rings. The highest BCUT2D eigenvalue weighted by molar-refractivity contribution is 8.26. The highest BCUT2D eigenvalue weighted by Crippen LogP contribution is 2.33. The first-order chi connectivity index (χ1) is 15.0. The molecule has 4 rings (SSSR count). The second-order valence-electron chi connectivity index (χ2n) is 7.07. The molecule has 0 radical (unpaired) electrons. The first-order valence-corrected chi connectivity index (χ1v) is 11.4. The van der Waals surface area contributed by atoms with Crippen LogP contribution in [-0.4, -0.2) is 27.6 Å². The van der Waals surface area contributed by atoms with Gasteiger partial charge in [0, 0.05) is 23.7 Å². The Morgan fingerprint density at radius 2 is 1.81 bits per heavy atom. The van der Waals surface area contributed by atoms with E-state index in [9.17, 15) is 9.59 Å². The Morgan fingerprint density at radius 3 is 2.61 bits per heavy atom. The number of nitrogens with zero attached hydrogens (tertiary/aromatic N) is 1. The molecule has 31 heavy (non-hydrogen) atoms. The molecule has 7 heteroatoms. The molecule has 3 aromatic carbocycles. The monoisotopic (exact) mass is 466 g/mol. The van der Waals surface area contributed by atoms with E-state index in [1.807, 2.05) is 60.7 Å². The molecule has 1 saturated heterocycles. The molecule has 0 aromatic heterocycles. The zero-order valence-corrected chi connectivity index (χ0v) is 18.9. The van der Waals surface area contributed by atoms with Gasteiger partial charge in [-0.15, -0.1) is 0 Å². The van der Waals surface area contributed by atoms with Crippen LogP contribution in [0.3, 0.4) is 0 Å². The molecular weight excluding hydrogens is 448 g/mol. The van der Waals surface area contributed by atoms with E-state index >= 15 is 0 Å². The van der Waals surface area contributed by atoms with Crippen LogP contribution in [0.2, 0.25) is 5.02 Å². The van der Waals surface area contributed by atoms with Gasteiger partial charge in [-0.25, -0.2) is 0 Å². The third-order valence-corrected chi connectivity index (χ3v) is 6.61. The lowest BCUT2D eigenvalue weighted by Crippen LogP contribution is -2.29. The van der Waals surface area contributed by atoms with Gasteiger partial charge in [-0.05, 0) is 47.0 Å². The average molecular weight is 467 g/mol. The molecular formula is C24H19ClN2O2S2. The van der Waals surface area contributed by atoms with Gasteiger partial charge in [0.15, 0.2) is 0 Å². The van der Waals surface area contributed by atoms with Crippen LogP contribution in [0.1, 0.15) is 18.4 Å². The van der Waals surface area contributed by atoms with E-state index in [2.05, 4.69) is 5.32 Å². The second-order valence-corrected chi connectivity index (χ2v) is 9.15. The molecule has 0 aliphatic carbocycles. The number of rotatable bonds is 6. The Kier molecular flexibility index (Phi) is 6.70. The highest BCUT2D eigenvalue weighted by atomic mass is 35.5. The number of thiocarbonyl (C=S) groups is 1. The summed E-state index contributed by atoms with van der Waals surface area (Å²) in [5, 5.41) is 5.70. The van der Waals surface area contributed by atoms with E-state index in [1.165, 1.54) is 11.8 Å².